The average Bonchev–Trinajstić information content (AvgIpc) is 3.08. The normalized spacial score (nSPS) is 21.3. The van der Waals surface area contributed by atoms with Gasteiger partial charge in [0.05, 0.1) is 17.3 Å². The Hall–Kier alpha value is -2.15. The van der Waals surface area contributed by atoms with Crippen LogP contribution in [0.15, 0.2) is 45.5 Å². The van der Waals surface area contributed by atoms with Crippen molar-refractivity contribution in [2.45, 2.75) is 19.0 Å². The first-order valence-corrected chi connectivity index (χ1v) is 7.33. The van der Waals surface area contributed by atoms with E-state index in [-0.39, 0.29) is 11.0 Å². The molecule has 1 fully saturated rings. The first kappa shape index (κ1) is 14.8. The van der Waals surface area contributed by atoms with Gasteiger partial charge in [-0.05, 0) is 52.7 Å². The summed E-state index contributed by atoms with van der Waals surface area (Å²) >= 11 is 3.09. The lowest BCUT2D eigenvalue weighted by Gasteiger charge is -2.19. The van der Waals surface area contributed by atoms with Crippen LogP contribution in [-0.2, 0) is 16.9 Å². The van der Waals surface area contributed by atoms with Crippen molar-refractivity contribution in [3.05, 3.63) is 58.2 Å². The Labute approximate surface area is 134 Å². The first-order chi connectivity index (χ1) is 10.4. The molecule has 5 nitrogen and oxygen atoms in total. The first-order valence-electron chi connectivity index (χ1n) is 6.54. The zero-order chi connectivity index (χ0) is 15.9. The number of hydrogen-bond acceptors (Lipinski definition) is 3. The van der Waals surface area contributed by atoms with E-state index in [9.17, 15) is 14.0 Å². The maximum Gasteiger partial charge on any atom is 0.325 e. The van der Waals surface area contributed by atoms with Gasteiger partial charge in [-0.15, -0.1) is 0 Å². The van der Waals surface area contributed by atoms with E-state index in [2.05, 4.69) is 21.2 Å². The predicted molar refractivity (Wildman–Crippen MR) is 79.2 cm³/mol. The second-order valence-corrected chi connectivity index (χ2v) is 6.03. The monoisotopic (exact) mass is 366 g/mol. The molecule has 0 spiro atoms. The minimum atomic E-state index is -1.22. The summed E-state index contributed by atoms with van der Waals surface area (Å²) in [6.45, 7) is 1.65. The quantitative estimate of drug-likeness (QED) is 0.848. The number of imide groups is 1. The number of halogens is 2. The Bertz CT molecular complexity index is 747. The molecule has 1 aromatic carbocycles. The van der Waals surface area contributed by atoms with Crippen molar-refractivity contribution in [2.24, 2.45) is 0 Å². The Balaban J connectivity index is 1.87. The fraction of sp³-hybridized carbons (Fsp3) is 0.200. The molecule has 1 aliphatic rings. The summed E-state index contributed by atoms with van der Waals surface area (Å²) in [5, 5.41) is 2.64. The van der Waals surface area contributed by atoms with Gasteiger partial charge in [0.1, 0.15) is 11.6 Å². The Kier molecular flexibility index (Phi) is 3.52. The summed E-state index contributed by atoms with van der Waals surface area (Å²) in [5.41, 5.74) is -0.585. The molecule has 0 saturated carbocycles. The van der Waals surface area contributed by atoms with E-state index < -0.39 is 23.3 Å². The topological polar surface area (TPSA) is 62.6 Å². The maximum atomic E-state index is 13.3. The molecule has 114 valence electrons. The van der Waals surface area contributed by atoms with Crippen molar-refractivity contribution in [1.29, 1.82) is 0 Å². The fourth-order valence-electron chi connectivity index (χ4n) is 2.39. The van der Waals surface area contributed by atoms with E-state index in [0.29, 0.717) is 11.3 Å². The van der Waals surface area contributed by atoms with Gasteiger partial charge in [-0.2, -0.15) is 0 Å². The van der Waals surface area contributed by atoms with Gasteiger partial charge in [-0.25, -0.2) is 9.18 Å². The fourth-order valence-corrected chi connectivity index (χ4v) is 2.82. The van der Waals surface area contributed by atoms with Gasteiger partial charge in [0.2, 0.25) is 0 Å². The average molecular weight is 367 g/mol. The number of nitrogens with zero attached hydrogens (tertiary/aromatic N) is 1. The molecule has 0 unspecified atom stereocenters. The molecule has 3 rings (SSSR count). The number of amides is 3. The number of furan rings is 1. The Morgan fingerprint density at radius 1 is 1.36 bits per heavy atom. The lowest BCUT2D eigenvalue weighted by atomic mass is 9.99. The second kappa shape index (κ2) is 5.24. The maximum absolute atomic E-state index is 13.3. The van der Waals surface area contributed by atoms with E-state index in [1.807, 2.05) is 0 Å². The molecule has 7 heteroatoms. The smallest absolute Gasteiger partial charge is 0.325 e. The van der Waals surface area contributed by atoms with Crippen molar-refractivity contribution in [3.8, 4) is 0 Å². The van der Waals surface area contributed by atoms with Gasteiger partial charge in [0.25, 0.3) is 5.91 Å². The molecule has 2 heterocycles. The zero-order valence-electron chi connectivity index (χ0n) is 11.6. The van der Waals surface area contributed by atoms with E-state index in [0.717, 1.165) is 4.90 Å². The van der Waals surface area contributed by atoms with Crippen LogP contribution in [0.5, 0.6) is 0 Å². The summed E-state index contributed by atoms with van der Waals surface area (Å²) < 4.78 is 18.8. The molecular weight excluding hydrogens is 355 g/mol. The molecule has 1 N–H and O–H groups in total. The Morgan fingerprint density at radius 3 is 2.77 bits per heavy atom. The molecule has 1 atom stereocenters. The van der Waals surface area contributed by atoms with Gasteiger partial charge >= 0.3 is 6.03 Å². The lowest BCUT2D eigenvalue weighted by Crippen LogP contribution is -2.40. The van der Waals surface area contributed by atoms with Crippen LogP contribution in [0.4, 0.5) is 9.18 Å². The van der Waals surface area contributed by atoms with Gasteiger partial charge in [-0.1, -0.05) is 6.07 Å². The largest absolute Gasteiger partial charge is 0.466 e. The highest BCUT2D eigenvalue weighted by Crippen LogP contribution is 2.30. The highest BCUT2D eigenvalue weighted by Gasteiger charge is 2.50. The number of rotatable bonds is 3. The van der Waals surface area contributed by atoms with Crippen LogP contribution in [-0.4, -0.2) is 16.8 Å². The summed E-state index contributed by atoms with van der Waals surface area (Å²) in [4.78, 5) is 25.8. The minimum Gasteiger partial charge on any atom is -0.466 e. The van der Waals surface area contributed by atoms with E-state index in [1.54, 1.807) is 25.1 Å². The highest BCUT2D eigenvalue weighted by molar-refractivity contribution is 9.10. The standard InChI is InChI=1S/C15H12BrFN2O3/c1-15(12-3-2-6-22-12)13(20)19(14(21)18-15)8-9-4-5-11(17)10(16)7-9/h2-7H,8H2,1H3,(H,18,21)/t15-/m1/s1. The summed E-state index contributed by atoms with van der Waals surface area (Å²) in [6.07, 6.45) is 1.44. The lowest BCUT2D eigenvalue weighted by molar-refractivity contribution is -0.132. The summed E-state index contributed by atoms with van der Waals surface area (Å²) in [7, 11) is 0. The van der Waals surface area contributed by atoms with Gasteiger partial charge in [0.15, 0.2) is 5.54 Å². The van der Waals surface area contributed by atoms with Crippen LogP contribution >= 0.6 is 15.9 Å². The van der Waals surface area contributed by atoms with E-state index >= 15 is 0 Å². The Morgan fingerprint density at radius 2 is 2.14 bits per heavy atom. The zero-order valence-corrected chi connectivity index (χ0v) is 13.2. The summed E-state index contributed by atoms with van der Waals surface area (Å²) in [6, 6.07) is 7.13. The molecule has 0 aliphatic carbocycles. The summed E-state index contributed by atoms with van der Waals surface area (Å²) in [5.74, 6) is -0.442. The van der Waals surface area contributed by atoms with Crippen LogP contribution in [0.2, 0.25) is 0 Å². The number of hydrogen-bond donors (Lipinski definition) is 1. The third kappa shape index (κ3) is 2.31. The van der Waals surface area contributed by atoms with Crippen molar-refractivity contribution < 1.29 is 18.4 Å². The van der Waals surface area contributed by atoms with Crippen molar-refractivity contribution >= 4 is 27.9 Å². The van der Waals surface area contributed by atoms with Gasteiger partial charge in [0, 0.05) is 0 Å². The highest BCUT2D eigenvalue weighted by atomic mass is 79.9. The number of benzene rings is 1. The van der Waals surface area contributed by atoms with E-state index in [4.69, 9.17) is 4.42 Å². The molecular formula is C15H12BrFN2O3. The van der Waals surface area contributed by atoms with Crippen LogP contribution in [0.1, 0.15) is 18.2 Å². The van der Waals surface area contributed by atoms with Crippen molar-refractivity contribution in [3.63, 3.8) is 0 Å². The predicted octanol–water partition coefficient (Wildman–Crippen LogP) is 3.15. The molecule has 0 radical (unpaired) electrons. The SMILES string of the molecule is C[C@]1(c2ccco2)NC(=O)N(Cc2ccc(F)c(Br)c2)C1=O. The van der Waals surface area contributed by atoms with Crippen molar-refractivity contribution in [2.75, 3.05) is 0 Å². The van der Waals surface area contributed by atoms with E-state index in [1.165, 1.54) is 18.4 Å². The number of carbonyl (C=O) groups excluding carboxylic acids is 2. The molecule has 2 aromatic rings. The molecule has 1 aliphatic heterocycles. The van der Waals surface area contributed by atoms with Gasteiger partial charge < -0.3 is 9.73 Å². The minimum absolute atomic E-state index is 0.0554. The molecule has 22 heavy (non-hydrogen) atoms. The van der Waals surface area contributed by atoms with Crippen molar-refractivity contribution in [1.82, 2.24) is 10.2 Å². The number of carbonyl (C=O) groups is 2. The second-order valence-electron chi connectivity index (χ2n) is 5.17. The van der Waals surface area contributed by atoms with Crippen LogP contribution in [0.3, 0.4) is 0 Å². The molecule has 1 aromatic heterocycles. The molecule has 3 amide bonds. The molecule has 0 bridgehead atoms. The van der Waals surface area contributed by atoms with Crippen LogP contribution in [0, 0.1) is 5.82 Å². The third-order valence-electron chi connectivity index (χ3n) is 3.61. The third-order valence-corrected chi connectivity index (χ3v) is 4.22. The van der Waals surface area contributed by atoms with Gasteiger partial charge in [-0.3, -0.25) is 9.69 Å². The number of nitrogens with one attached hydrogen (secondary N) is 1. The number of urea groups is 1. The van der Waals surface area contributed by atoms with Crippen LogP contribution < -0.4 is 5.32 Å². The molecule has 1 saturated heterocycles. The van der Waals surface area contributed by atoms with Crippen LogP contribution in [0.25, 0.3) is 0 Å².